The van der Waals surface area contributed by atoms with E-state index in [1.165, 1.54) is 6.07 Å². The smallest absolute Gasteiger partial charge is 0.335 e. The lowest BCUT2D eigenvalue weighted by atomic mass is 9.89. The number of aromatic carboxylic acids is 1. The van der Waals surface area contributed by atoms with Crippen LogP contribution in [0.2, 0.25) is 0 Å². The number of halogens is 2. The Morgan fingerprint density at radius 3 is 2.52 bits per heavy atom. The number of nitrogens with two attached hydrogens (primary N) is 1. The minimum atomic E-state index is -1.39. The highest BCUT2D eigenvalue weighted by Gasteiger charge is 2.29. The monoisotopic (exact) mass is 426 g/mol. The zero-order chi connectivity index (χ0) is 22.1. The van der Waals surface area contributed by atoms with Crippen molar-refractivity contribution >= 4 is 17.5 Å². The molecule has 0 radical (unpaired) electrons. The van der Waals surface area contributed by atoms with Crippen molar-refractivity contribution in [1.29, 1.82) is 0 Å². The van der Waals surface area contributed by atoms with E-state index in [2.05, 4.69) is 10.2 Å². The molecular weight excluding hydrogens is 406 g/mol. The summed E-state index contributed by atoms with van der Waals surface area (Å²) < 4.78 is 29.2. The van der Waals surface area contributed by atoms with Crippen LogP contribution in [-0.4, -0.2) is 39.5 Å². The van der Waals surface area contributed by atoms with Gasteiger partial charge in [-0.3, -0.25) is 0 Å². The minimum Gasteiger partial charge on any atom is -0.507 e. The number of nitrogen functional groups attached to an aromatic ring is 1. The van der Waals surface area contributed by atoms with E-state index in [0.29, 0.717) is 36.3 Å². The van der Waals surface area contributed by atoms with Gasteiger partial charge < -0.3 is 20.8 Å². The van der Waals surface area contributed by atoms with Gasteiger partial charge in [0.05, 0.1) is 16.9 Å². The molecule has 1 aliphatic rings. The lowest BCUT2D eigenvalue weighted by Gasteiger charge is -2.35. The molecule has 0 amide bonds. The lowest BCUT2D eigenvalue weighted by molar-refractivity contribution is 0.0695. The number of carbonyl (C=O) groups is 1. The number of anilines is 2. The van der Waals surface area contributed by atoms with E-state index in [1.807, 2.05) is 4.90 Å². The van der Waals surface area contributed by atoms with Gasteiger partial charge in [-0.1, -0.05) is 12.1 Å². The average Bonchev–Trinajstić information content (AvgIpc) is 2.74. The van der Waals surface area contributed by atoms with Crippen molar-refractivity contribution < 1.29 is 23.8 Å². The van der Waals surface area contributed by atoms with Gasteiger partial charge in [0.1, 0.15) is 17.4 Å². The maximum absolute atomic E-state index is 14.6. The molecule has 160 valence electrons. The van der Waals surface area contributed by atoms with Crippen molar-refractivity contribution in [3.63, 3.8) is 0 Å². The first-order valence-electron chi connectivity index (χ1n) is 9.74. The van der Waals surface area contributed by atoms with E-state index in [-0.39, 0.29) is 23.7 Å². The highest BCUT2D eigenvalue weighted by atomic mass is 19.1. The molecular formula is C22H20F2N4O3. The molecule has 1 aromatic heterocycles. The molecule has 31 heavy (non-hydrogen) atoms. The Morgan fingerprint density at radius 1 is 1.13 bits per heavy atom. The van der Waals surface area contributed by atoms with Crippen LogP contribution in [0.15, 0.2) is 42.5 Å². The van der Waals surface area contributed by atoms with Crippen molar-refractivity contribution in [3.8, 4) is 17.0 Å². The van der Waals surface area contributed by atoms with Crippen molar-refractivity contribution in [2.75, 3.05) is 23.7 Å². The Bertz CT molecular complexity index is 1130. The molecule has 0 unspecified atom stereocenters. The fourth-order valence-corrected chi connectivity index (χ4v) is 4.00. The summed E-state index contributed by atoms with van der Waals surface area (Å²) in [6.07, 6.45) is 1.19. The number of carboxylic acid groups (broad SMARTS) is 1. The number of nitrogens with zero attached hydrogens (tertiary/aromatic N) is 3. The molecule has 0 aliphatic carbocycles. The normalized spacial score (nSPS) is 16.3. The number of hydrogen-bond acceptors (Lipinski definition) is 6. The summed E-state index contributed by atoms with van der Waals surface area (Å²) >= 11 is 0. The number of rotatable bonds is 4. The summed E-state index contributed by atoms with van der Waals surface area (Å²) in [4.78, 5) is 12.9. The van der Waals surface area contributed by atoms with Crippen molar-refractivity contribution in [1.82, 2.24) is 10.2 Å². The summed E-state index contributed by atoms with van der Waals surface area (Å²) in [5.74, 6) is -3.41. The zero-order valence-corrected chi connectivity index (χ0v) is 16.4. The molecule has 4 rings (SSSR count). The third-order valence-corrected chi connectivity index (χ3v) is 5.48. The molecule has 3 aromatic rings. The topological polar surface area (TPSA) is 113 Å². The van der Waals surface area contributed by atoms with Gasteiger partial charge in [-0.15, -0.1) is 10.2 Å². The van der Waals surface area contributed by atoms with Crippen LogP contribution in [0.4, 0.5) is 20.3 Å². The Balaban J connectivity index is 1.66. The zero-order valence-electron chi connectivity index (χ0n) is 16.4. The van der Waals surface area contributed by atoms with Crippen LogP contribution in [-0.2, 0) is 0 Å². The lowest BCUT2D eigenvalue weighted by Crippen LogP contribution is -2.35. The predicted octanol–water partition coefficient (Wildman–Crippen LogP) is 3.79. The number of phenolic OH excluding ortho intramolecular Hbond substituents is 1. The summed E-state index contributed by atoms with van der Waals surface area (Å²) in [7, 11) is 0. The summed E-state index contributed by atoms with van der Waals surface area (Å²) in [6, 6.07) is 10.1. The number of aromatic hydroxyl groups is 1. The SMILES string of the molecule is Nc1nnc(-c2ccccc2O)cc1N1CCC[C@H](c2c(F)cc(C(=O)O)cc2F)C1. The molecule has 0 bridgehead atoms. The molecule has 9 heteroatoms. The highest BCUT2D eigenvalue weighted by Crippen LogP contribution is 2.36. The molecule has 0 saturated carbocycles. The first kappa shape index (κ1) is 20.5. The number of para-hydroxylation sites is 1. The van der Waals surface area contributed by atoms with Crippen LogP contribution in [0.3, 0.4) is 0 Å². The van der Waals surface area contributed by atoms with Gasteiger partial charge in [0.15, 0.2) is 5.82 Å². The Kier molecular flexibility index (Phi) is 5.41. The van der Waals surface area contributed by atoms with Gasteiger partial charge in [-0.05, 0) is 43.2 Å². The van der Waals surface area contributed by atoms with E-state index >= 15 is 0 Å². The molecule has 2 aromatic carbocycles. The van der Waals surface area contributed by atoms with Crippen LogP contribution >= 0.6 is 0 Å². The molecule has 0 spiro atoms. The Hall–Kier alpha value is -3.75. The van der Waals surface area contributed by atoms with Gasteiger partial charge in [-0.25, -0.2) is 13.6 Å². The van der Waals surface area contributed by atoms with Gasteiger partial charge >= 0.3 is 5.97 Å². The number of piperidine rings is 1. The minimum absolute atomic E-state index is 0.0479. The highest BCUT2D eigenvalue weighted by molar-refractivity contribution is 5.87. The summed E-state index contributed by atoms with van der Waals surface area (Å²) in [5.41, 5.74) is 6.96. The van der Waals surface area contributed by atoms with E-state index in [4.69, 9.17) is 10.8 Å². The van der Waals surface area contributed by atoms with Crippen molar-refractivity contribution in [2.45, 2.75) is 18.8 Å². The second-order valence-electron chi connectivity index (χ2n) is 7.46. The average molecular weight is 426 g/mol. The van der Waals surface area contributed by atoms with Crippen LogP contribution in [0, 0.1) is 11.6 Å². The number of benzene rings is 2. The summed E-state index contributed by atoms with van der Waals surface area (Å²) in [5, 5.41) is 27.2. The maximum atomic E-state index is 14.6. The van der Waals surface area contributed by atoms with E-state index < -0.39 is 29.1 Å². The Labute approximate surface area is 176 Å². The summed E-state index contributed by atoms with van der Waals surface area (Å²) in [6.45, 7) is 0.874. The number of phenols is 1. The van der Waals surface area contributed by atoms with E-state index in [1.54, 1.807) is 24.3 Å². The fourth-order valence-electron chi connectivity index (χ4n) is 4.00. The molecule has 1 atom stereocenters. The third kappa shape index (κ3) is 3.98. The number of aromatic nitrogens is 2. The molecule has 4 N–H and O–H groups in total. The Morgan fingerprint density at radius 2 is 1.84 bits per heavy atom. The first-order chi connectivity index (χ1) is 14.8. The van der Waals surface area contributed by atoms with Crippen LogP contribution < -0.4 is 10.6 Å². The van der Waals surface area contributed by atoms with Gasteiger partial charge in [0, 0.05) is 30.1 Å². The maximum Gasteiger partial charge on any atom is 0.335 e. The third-order valence-electron chi connectivity index (χ3n) is 5.48. The van der Waals surface area contributed by atoms with Gasteiger partial charge in [0.25, 0.3) is 0 Å². The van der Waals surface area contributed by atoms with Gasteiger partial charge in [0.2, 0.25) is 0 Å². The largest absolute Gasteiger partial charge is 0.507 e. The molecule has 7 nitrogen and oxygen atoms in total. The standard InChI is InChI=1S/C22H20F2N4O3/c23-15-8-13(22(30)31)9-16(24)20(15)12-4-3-7-28(11-12)18-10-17(26-27-21(18)25)14-5-1-2-6-19(14)29/h1-2,5-6,8-10,12,29H,3-4,7,11H2,(H2,25,27)(H,30,31)/t12-/m0/s1. The van der Waals surface area contributed by atoms with Gasteiger partial charge in [-0.2, -0.15) is 0 Å². The van der Waals surface area contributed by atoms with Crippen LogP contribution in [0.25, 0.3) is 11.3 Å². The number of hydrogen-bond donors (Lipinski definition) is 3. The van der Waals surface area contributed by atoms with Crippen molar-refractivity contribution in [3.05, 3.63) is 65.2 Å². The van der Waals surface area contributed by atoms with E-state index in [0.717, 1.165) is 12.1 Å². The number of carboxylic acids is 1. The van der Waals surface area contributed by atoms with E-state index in [9.17, 15) is 18.7 Å². The fraction of sp³-hybridized carbons (Fsp3) is 0.227. The molecule has 1 saturated heterocycles. The first-order valence-corrected chi connectivity index (χ1v) is 9.74. The van der Waals surface area contributed by atoms with Crippen molar-refractivity contribution in [2.24, 2.45) is 0 Å². The van der Waals surface area contributed by atoms with Crippen LogP contribution in [0.5, 0.6) is 5.75 Å². The molecule has 1 fully saturated rings. The second-order valence-corrected chi connectivity index (χ2v) is 7.46. The quantitative estimate of drug-likeness (QED) is 0.582. The molecule has 1 aliphatic heterocycles. The molecule has 2 heterocycles. The second kappa shape index (κ2) is 8.17. The van der Waals surface area contributed by atoms with Crippen LogP contribution in [0.1, 0.15) is 34.7 Å². The predicted molar refractivity (Wildman–Crippen MR) is 111 cm³/mol.